The van der Waals surface area contributed by atoms with Gasteiger partial charge in [-0.2, -0.15) is 0 Å². The van der Waals surface area contributed by atoms with Gasteiger partial charge in [0.2, 0.25) is 0 Å². The number of rotatable bonds is 1. The molecule has 0 bridgehead atoms. The third-order valence-electron chi connectivity index (χ3n) is 3.66. The molecule has 102 valence electrons. The van der Waals surface area contributed by atoms with E-state index >= 15 is 0 Å². The van der Waals surface area contributed by atoms with Crippen LogP contribution in [0.5, 0.6) is 0 Å². The van der Waals surface area contributed by atoms with E-state index in [0.29, 0.717) is 11.2 Å². The fourth-order valence-electron chi connectivity index (χ4n) is 2.66. The van der Waals surface area contributed by atoms with Crippen LogP contribution in [0, 0.1) is 6.92 Å². The summed E-state index contributed by atoms with van der Waals surface area (Å²) in [6, 6.07) is 17.3. The van der Waals surface area contributed by atoms with Gasteiger partial charge in [0.15, 0.2) is 5.65 Å². The van der Waals surface area contributed by atoms with Gasteiger partial charge in [0.05, 0.1) is 16.8 Å². The lowest BCUT2D eigenvalue weighted by atomic mass is 10.1. The van der Waals surface area contributed by atoms with Crippen molar-refractivity contribution in [2.24, 2.45) is 0 Å². The Hall–Kier alpha value is -2.88. The van der Waals surface area contributed by atoms with Crippen LogP contribution in [0.2, 0.25) is 0 Å². The number of imidazole rings is 1. The first-order chi connectivity index (χ1) is 10.3. The molecule has 0 aliphatic heterocycles. The molecule has 0 N–H and O–H groups in total. The fraction of sp³-hybridized carbons (Fsp3) is 0.0588. The lowest BCUT2D eigenvalue weighted by Gasteiger charge is -1.99. The van der Waals surface area contributed by atoms with E-state index in [0.717, 1.165) is 22.3 Å². The number of aromatic nitrogens is 2. The van der Waals surface area contributed by atoms with E-state index in [4.69, 9.17) is 4.42 Å². The highest BCUT2D eigenvalue weighted by Crippen LogP contribution is 2.26. The minimum absolute atomic E-state index is 0.407. The van der Waals surface area contributed by atoms with Gasteiger partial charge in [0.25, 0.3) is 0 Å². The summed E-state index contributed by atoms with van der Waals surface area (Å²) in [6.45, 7) is 1.88. The zero-order valence-electron chi connectivity index (χ0n) is 11.4. The first kappa shape index (κ1) is 11.9. The highest BCUT2D eigenvalue weighted by atomic mass is 16.4. The number of hydrogen-bond acceptors (Lipinski definition) is 3. The van der Waals surface area contributed by atoms with Crippen molar-refractivity contribution in [3.8, 4) is 11.3 Å². The molecule has 0 saturated heterocycles. The maximum Gasteiger partial charge on any atom is 0.425 e. The summed E-state index contributed by atoms with van der Waals surface area (Å²) >= 11 is 0. The predicted octanol–water partition coefficient (Wildman–Crippen LogP) is 3.42. The molecule has 2 heterocycles. The average molecular weight is 276 g/mol. The molecule has 2 aromatic heterocycles. The summed E-state index contributed by atoms with van der Waals surface area (Å²) in [6.07, 6.45) is 0. The summed E-state index contributed by atoms with van der Waals surface area (Å²) in [5.74, 6) is -0.407. The van der Waals surface area contributed by atoms with Crippen molar-refractivity contribution < 1.29 is 4.42 Å². The normalized spacial score (nSPS) is 11.3. The van der Waals surface area contributed by atoms with Crippen LogP contribution in [0.25, 0.3) is 27.9 Å². The third kappa shape index (κ3) is 1.69. The van der Waals surface area contributed by atoms with E-state index in [9.17, 15) is 4.79 Å². The van der Waals surface area contributed by atoms with Crippen molar-refractivity contribution in [1.29, 1.82) is 0 Å². The number of para-hydroxylation sites is 1. The molecule has 4 rings (SSSR count). The number of aryl methyl sites for hydroxylation is 1. The van der Waals surface area contributed by atoms with E-state index in [-0.39, 0.29) is 0 Å². The molecule has 0 fully saturated rings. The number of fused-ring (bicyclic) bond motifs is 3. The molecule has 2 aromatic carbocycles. The molecule has 0 aliphatic carbocycles. The first-order valence-electron chi connectivity index (χ1n) is 6.72. The van der Waals surface area contributed by atoms with Crippen LogP contribution in [0.1, 0.15) is 5.69 Å². The maximum absolute atomic E-state index is 12.2. The van der Waals surface area contributed by atoms with Crippen molar-refractivity contribution in [2.45, 2.75) is 6.92 Å². The van der Waals surface area contributed by atoms with Crippen LogP contribution in [0.3, 0.4) is 0 Å². The Bertz CT molecular complexity index is 1010. The standard InChI is InChI=1S/C17H12N2O2/c1-11-15(12-7-3-2-4-8-12)18-16-13-9-5-6-10-14(13)21-17(20)19(11)16/h2-10H,1H3. The molecule has 0 aliphatic rings. The molecule has 4 nitrogen and oxygen atoms in total. The second-order valence-electron chi connectivity index (χ2n) is 4.93. The quantitative estimate of drug-likeness (QED) is 0.535. The van der Waals surface area contributed by atoms with Gasteiger partial charge in [-0.3, -0.25) is 0 Å². The van der Waals surface area contributed by atoms with E-state index < -0.39 is 5.76 Å². The van der Waals surface area contributed by atoms with Gasteiger partial charge >= 0.3 is 5.76 Å². The largest absolute Gasteiger partial charge is 0.425 e. The Labute approximate surface area is 120 Å². The van der Waals surface area contributed by atoms with Crippen molar-refractivity contribution in [1.82, 2.24) is 9.38 Å². The first-order valence-corrected chi connectivity index (χ1v) is 6.72. The Balaban J connectivity index is 2.18. The van der Waals surface area contributed by atoms with Crippen LogP contribution >= 0.6 is 0 Å². The molecule has 21 heavy (non-hydrogen) atoms. The van der Waals surface area contributed by atoms with Crippen LogP contribution in [0.15, 0.2) is 63.8 Å². The summed E-state index contributed by atoms with van der Waals surface area (Å²) in [5.41, 5.74) is 3.77. The highest BCUT2D eigenvalue weighted by molar-refractivity contribution is 5.91. The van der Waals surface area contributed by atoms with Crippen LogP contribution in [0.4, 0.5) is 0 Å². The van der Waals surface area contributed by atoms with Crippen molar-refractivity contribution in [2.75, 3.05) is 0 Å². The van der Waals surface area contributed by atoms with E-state index in [1.165, 1.54) is 4.40 Å². The molecular formula is C17H12N2O2. The monoisotopic (exact) mass is 276 g/mol. The predicted molar refractivity (Wildman–Crippen MR) is 81.4 cm³/mol. The Morgan fingerprint density at radius 2 is 1.71 bits per heavy atom. The number of nitrogens with zero attached hydrogens (tertiary/aromatic N) is 2. The second-order valence-corrected chi connectivity index (χ2v) is 4.93. The van der Waals surface area contributed by atoms with Crippen molar-refractivity contribution in [3.05, 3.63) is 70.8 Å². The van der Waals surface area contributed by atoms with Crippen LogP contribution < -0.4 is 5.76 Å². The Morgan fingerprint density at radius 3 is 2.52 bits per heavy atom. The minimum atomic E-state index is -0.407. The molecule has 0 spiro atoms. The van der Waals surface area contributed by atoms with Gasteiger partial charge in [-0.05, 0) is 19.1 Å². The van der Waals surface area contributed by atoms with Gasteiger partial charge in [0.1, 0.15) is 5.58 Å². The SMILES string of the molecule is Cc1c(-c2ccccc2)nc2c3ccccc3oc(=O)n12. The fourth-order valence-corrected chi connectivity index (χ4v) is 2.66. The summed E-state index contributed by atoms with van der Waals surface area (Å²) < 4.78 is 6.90. The van der Waals surface area contributed by atoms with Crippen LogP contribution in [-0.2, 0) is 0 Å². The van der Waals surface area contributed by atoms with Gasteiger partial charge in [0, 0.05) is 5.56 Å². The molecule has 4 heteroatoms. The topological polar surface area (TPSA) is 47.5 Å². The summed E-state index contributed by atoms with van der Waals surface area (Å²) in [4.78, 5) is 16.9. The Morgan fingerprint density at radius 1 is 1.00 bits per heavy atom. The van der Waals surface area contributed by atoms with Gasteiger partial charge in [-0.25, -0.2) is 14.2 Å². The third-order valence-corrected chi connectivity index (χ3v) is 3.66. The molecule has 4 aromatic rings. The van der Waals surface area contributed by atoms with Crippen LogP contribution in [-0.4, -0.2) is 9.38 Å². The Kier molecular flexibility index (Phi) is 2.44. The second kappa shape index (κ2) is 4.31. The van der Waals surface area contributed by atoms with E-state index in [1.54, 1.807) is 6.07 Å². The number of benzene rings is 2. The zero-order chi connectivity index (χ0) is 14.4. The van der Waals surface area contributed by atoms with Gasteiger partial charge in [-0.1, -0.05) is 42.5 Å². The lowest BCUT2D eigenvalue weighted by molar-refractivity contribution is 0.519. The molecule has 0 saturated carbocycles. The maximum atomic E-state index is 12.2. The van der Waals surface area contributed by atoms with E-state index in [1.807, 2.05) is 55.5 Å². The molecule has 0 atom stereocenters. The molecular weight excluding hydrogens is 264 g/mol. The smallest absolute Gasteiger partial charge is 0.409 e. The van der Waals surface area contributed by atoms with Gasteiger partial charge in [-0.15, -0.1) is 0 Å². The minimum Gasteiger partial charge on any atom is -0.409 e. The average Bonchev–Trinajstić information content (AvgIpc) is 2.87. The van der Waals surface area contributed by atoms with Gasteiger partial charge < -0.3 is 4.42 Å². The van der Waals surface area contributed by atoms with Crippen molar-refractivity contribution in [3.63, 3.8) is 0 Å². The lowest BCUT2D eigenvalue weighted by Crippen LogP contribution is -2.12. The molecule has 0 amide bonds. The number of hydrogen-bond donors (Lipinski definition) is 0. The molecule has 0 unspecified atom stereocenters. The summed E-state index contributed by atoms with van der Waals surface area (Å²) in [5, 5.41) is 0.836. The van der Waals surface area contributed by atoms with E-state index in [2.05, 4.69) is 4.98 Å². The van der Waals surface area contributed by atoms with Crippen molar-refractivity contribution >= 4 is 16.6 Å². The molecule has 0 radical (unpaired) electrons. The summed E-state index contributed by atoms with van der Waals surface area (Å²) in [7, 11) is 0. The zero-order valence-corrected chi connectivity index (χ0v) is 11.4. The highest BCUT2D eigenvalue weighted by Gasteiger charge is 2.15.